The van der Waals surface area contributed by atoms with Crippen molar-refractivity contribution in [3.8, 4) is 5.69 Å². The summed E-state index contributed by atoms with van der Waals surface area (Å²) < 4.78 is 1.63. The lowest BCUT2D eigenvalue weighted by Gasteiger charge is -2.10. The zero-order valence-corrected chi connectivity index (χ0v) is 16.4. The van der Waals surface area contributed by atoms with Gasteiger partial charge < -0.3 is 5.32 Å². The van der Waals surface area contributed by atoms with Crippen molar-refractivity contribution in [3.05, 3.63) is 57.6 Å². The van der Waals surface area contributed by atoms with E-state index in [-0.39, 0.29) is 11.7 Å². The molecular formula is C17H15Cl2N5OS. The average molecular weight is 408 g/mol. The van der Waals surface area contributed by atoms with Gasteiger partial charge in [0.2, 0.25) is 11.1 Å². The molecule has 0 radical (unpaired) electrons. The van der Waals surface area contributed by atoms with Gasteiger partial charge in [0.05, 0.1) is 27.2 Å². The summed E-state index contributed by atoms with van der Waals surface area (Å²) >= 11 is 13.4. The smallest absolute Gasteiger partial charge is 0.234 e. The van der Waals surface area contributed by atoms with Crippen molar-refractivity contribution >= 4 is 46.6 Å². The van der Waals surface area contributed by atoms with Crippen molar-refractivity contribution < 1.29 is 4.79 Å². The number of hydrogen-bond acceptors (Lipinski definition) is 5. The highest BCUT2D eigenvalue weighted by Crippen LogP contribution is 2.30. The van der Waals surface area contributed by atoms with Gasteiger partial charge in [0.1, 0.15) is 0 Å². The van der Waals surface area contributed by atoms with Crippen LogP contribution in [0.5, 0.6) is 0 Å². The molecule has 134 valence electrons. The predicted octanol–water partition coefficient (Wildman–Crippen LogP) is 4.32. The number of aryl methyl sites for hydroxylation is 1. The lowest BCUT2D eigenvalue weighted by atomic mass is 10.1. The molecule has 26 heavy (non-hydrogen) atoms. The molecule has 0 aliphatic heterocycles. The van der Waals surface area contributed by atoms with Gasteiger partial charge in [-0.3, -0.25) is 4.79 Å². The standard InChI is InChI=1S/C17H15Cl2N5OS/c1-10-5-3-8-14(11(10)2)24-17(21-22-23-24)26-9-15(25)20-16-12(18)6-4-7-13(16)19/h3-8H,9H2,1-2H3,(H,20,25). The number of para-hydroxylation sites is 1. The zero-order chi connectivity index (χ0) is 18.7. The van der Waals surface area contributed by atoms with E-state index in [9.17, 15) is 4.79 Å². The van der Waals surface area contributed by atoms with E-state index in [1.807, 2.05) is 32.0 Å². The number of tetrazole rings is 1. The summed E-state index contributed by atoms with van der Waals surface area (Å²) in [5.74, 6) is -0.132. The molecule has 0 aliphatic carbocycles. The summed E-state index contributed by atoms with van der Waals surface area (Å²) in [4.78, 5) is 12.3. The van der Waals surface area contributed by atoms with Crippen molar-refractivity contribution in [1.29, 1.82) is 0 Å². The van der Waals surface area contributed by atoms with E-state index in [0.717, 1.165) is 16.8 Å². The van der Waals surface area contributed by atoms with Crippen molar-refractivity contribution in [3.63, 3.8) is 0 Å². The highest BCUT2D eigenvalue weighted by Gasteiger charge is 2.15. The van der Waals surface area contributed by atoms with Crippen LogP contribution in [0.1, 0.15) is 11.1 Å². The fraction of sp³-hybridized carbons (Fsp3) is 0.176. The molecule has 3 rings (SSSR count). The minimum atomic E-state index is -0.250. The summed E-state index contributed by atoms with van der Waals surface area (Å²) in [6.45, 7) is 4.03. The van der Waals surface area contributed by atoms with Crippen LogP contribution in [0.15, 0.2) is 41.6 Å². The summed E-state index contributed by atoms with van der Waals surface area (Å²) in [5, 5.41) is 15.8. The molecule has 0 spiro atoms. The molecule has 0 saturated heterocycles. The van der Waals surface area contributed by atoms with Crippen LogP contribution in [-0.4, -0.2) is 31.9 Å². The second-order valence-electron chi connectivity index (χ2n) is 5.53. The third-order valence-electron chi connectivity index (χ3n) is 3.80. The van der Waals surface area contributed by atoms with Crippen LogP contribution in [0.25, 0.3) is 5.69 Å². The second-order valence-corrected chi connectivity index (χ2v) is 7.28. The normalized spacial score (nSPS) is 10.8. The van der Waals surface area contributed by atoms with Crippen LogP contribution >= 0.6 is 35.0 Å². The number of halogens is 2. The molecule has 0 bridgehead atoms. The van der Waals surface area contributed by atoms with E-state index in [1.165, 1.54) is 11.8 Å². The minimum Gasteiger partial charge on any atom is -0.323 e. The quantitative estimate of drug-likeness (QED) is 0.637. The molecule has 9 heteroatoms. The Bertz CT molecular complexity index is 940. The highest BCUT2D eigenvalue weighted by molar-refractivity contribution is 7.99. The third kappa shape index (κ3) is 4.00. The lowest BCUT2D eigenvalue weighted by molar-refractivity contribution is -0.113. The molecule has 2 aromatic carbocycles. The number of rotatable bonds is 5. The van der Waals surface area contributed by atoms with E-state index in [1.54, 1.807) is 22.9 Å². The molecule has 0 fully saturated rings. The summed E-state index contributed by atoms with van der Waals surface area (Å²) in [7, 11) is 0. The average Bonchev–Trinajstić information content (AvgIpc) is 3.07. The maximum absolute atomic E-state index is 12.3. The topological polar surface area (TPSA) is 72.7 Å². The van der Waals surface area contributed by atoms with E-state index in [4.69, 9.17) is 23.2 Å². The van der Waals surface area contributed by atoms with Gasteiger partial charge in [-0.25, -0.2) is 0 Å². The van der Waals surface area contributed by atoms with Crippen LogP contribution < -0.4 is 5.32 Å². The third-order valence-corrected chi connectivity index (χ3v) is 5.35. The van der Waals surface area contributed by atoms with Crippen LogP contribution in [0.2, 0.25) is 10.0 Å². The van der Waals surface area contributed by atoms with Gasteiger partial charge in [0.25, 0.3) is 0 Å². The summed E-state index contributed by atoms with van der Waals surface area (Å²) in [5.41, 5.74) is 3.50. The Kier molecular flexibility index (Phi) is 5.80. The fourth-order valence-corrected chi connectivity index (χ4v) is 3.48. The molecule has 0 saturated carbocycles. The van der Waals surface area contributed by atoms with Gasteiger partial charge in [-0.05, 0) is 53.6 Å². The Balaban J connectivity index is 1.72. The lowest BCUT2D eigenvalue weighted by Crippen LogP contribution is -2.15. The molecule has 1 heterocycles. The van der Waals surface area contributed by atoms with Crippen molar-refractivity contribution in [1.82, 2.24) is 20.2 Å². The number of thioether (sulfide) groups is 1. The molecule has 1 aromatic heterocycles. The second kappa shape index (κ2) is 8.07. The van der Waals surface area contributed by atoms with E-state index >= 15 is 0 Å². The number of hydrogen-bond donors (Lipinski definition) is 1. The minimum absolute atomic E-state index is 0.118. The first-order chi connectivity index (χ1) is 12.5. The molecule has 0 aliphatic rings. The van der Waals surface area contributed by atoms with E-state index < -0.39 is 0 Å². The number of nitrogens with zero attached hydrogens (tertiary/aromatic N) is 4. The Morgan fingerprint density at radius 1 is 1.15 bits per heavy atom. The first kappa shape index (κ1) is 18.7. The first-order valence-corrected chi connectivity index (χ1v) is 9.43. The largest absolute Gasteiger partial charge is 0.323 e. The van der Waals surface area contributed by atoms with Gasteiger partial charge in [-0.15, -0.1) is 5.10 Å². The molecule has 1 amide bonds. The number of aromatic nitrogens is 4. The predicted molar refractivity (Wildman–Crippen MR) is 104 cm³/mol. The number of anilines is 1. The fourth-order valence-electron chi connectivity index (χ4n) is 2.31. The van der Waals surface area contributed by atoms with Crippen molar-refractivity contribution in [2.75, 3.05) is 11.1 Å². The summed E-state index contributed by atoms with van der Waals surface area (Å²) in [6.07, 6.45) is 0. The van der Waals surface area contributed by atoms with Gasteiger partial charge >= 0.3 is 0 Å². The maximum atomic E-state index is 12.3. The van der Waals surface area contributed by atoms with Gasteiger partial charge in [0.15, 0.2) is 0 Å². The zero-order valence-electron chi connectivity index (χ0n) is 14.0. The van der Waals surface area contributed by atoms with Crippen molar-refractivity contribution in [2.24, 2.45) is 0 Å². The molecule has 6 nitrogen and oxygen atoms in total. The number of benzene rings is 2. The van der Waals surface area contributed by atoms with Crippen LogP contribution in [-0.2, 0) is 4.79 Å². The Morgan fingerprint density at radius 2 is 1.85 bits per heavy atom. The Morgan fingerprint density at radius 3 is 2.58 bits per heavy atom. The Labute approximate surface area is 164 Å². The summed E-state index contributed by atoms with van der Waals surface area (Å²) in [6, 6.07) is 10.9. The monoisotopic (exact) mass is 407 g/mol. The number of carbonyl (C=O) groups is 1. The van der Waals surface area contributed by atoms with E-state index in [2.05, 4.69) is 20.8 Å². The molecule has 0 atom stereocenters. The maximum Gasteiger partial charge on any atom is 0.234 e. The first-order valence-electron chi connectivity index (χ1n) is 7.69. The molecular weight excluding hydrogens is 393 g/mol. The van der Waals surface area contributed by atoms with E-state index in [0.29, 0.717) is 20.9 Å². The van der Waals surface area contributed by atoms with Crippen molar-refractivity contribution in [2.45, 2.75) is 19.0 Å². The molecule has 1 N–H and O–H groups in total. The van der Waals surface area contributed by atoms with Crippen LogP contribution in [0.4, 0.5) is 5.69 Å². The SMILES string of the molecule is Cc1cccc(-n2nnnc2SCC(=O)Nc2c(Cl)cccc2Cl)c1C. The van der Waals surface area contributed by atoms with Gasteiger partial charge in [-0.1, -0.05) is 53.2 Å². The van der Waals surface area contributed by atoms with Gasteiger partial charge in [0, 0.05) is 0 Å². The Hall–Kier alpha value is -2.09. The molecule has 3 aromatic rings. The number of carbonyl (C=O) groups excluding carboxylic acids is 1. The van der Waals surface area contributed by atoms with Gasteiger partial charge in [-0.2, -0.15) is 4.68 Å². The number of amides is 1. The van der Waals surface area contributed by atoms with Crippen LogP contribution in [0.3, 0.4) is 0 Å². The number of nitrogens with one attached hydrogen (secondary N) is 1. The van der Waals surface area contributed by atoms with Crippen LogP contribution in [0, 0.1) is 13.8 Å². The highest BCUT2D eigenvalue weighted by atomic mass is 35.5. The molecule has 0 unspecified atom stereocenters.